The molecule has 2 rings (SSSR count). The Labute approximate surface area is 135 Å². The molecular weight excluding hydrogens is 294 g/mol. The molecule has 22 heavy (non-hydrogen) atoms. The van der Waals surface area contributed by atoms with Crippen molar-refractivity contribution in [3.8, 4) is 0 Å². The van der Waals surface area contributed by atoms with E-state index < -0.39 is 0 Å². The number of para-hydroxylation sites is 1. The van der Waals surface area contributed by atoms with Crippen LogP contribution in [0.4, 0.5) is 5.69 Å². The van der Waals surface area contributed by atoms with Crippen LogP contribution < -0.4 is 5.32 Å². The van der Waals surface area contributed by atoms with Gasteiger partial charge >= 0.3 is 0 Å². The van der Waals surface area contributed by atoms with Gasteiger partial charge in [0.25, 0.3) is 5.91 Å². The van der Waals surface area contributed by atoms with E-state index in [2.05, 4.69) is 5.32 Å². The van der Waals surface area contributed by atoms with Gasteiger partial charge in [0.05, 0.1) is 0 Å². The molecule has 0 radical (unpaired) electrons. The molecule has 2 aromatic rings. The van der Waals surface area contributed by atoms with E-state index in [0.717, 1.165) is 10.6 Å². The van der Waals surface area contributed by atoms with E-state index in [1.807, 2.05) is 66.1 Å². The maximum atomic E-state index is 12.4. The van der Waals surface area contributed by atoms with Crippen molar-refractivity contribution in [2.45, 2.75) is 17.7 Å². The van der Waals surface area contributed by atoms with Crippen molar-refractivity contribution in [3.05, 3.63) is 71.6 Å². The lowest BCUT2D eigenvalue weighted by Crippen LogP contribution is -2.14. The molecule has 0 atom stereocenters. The van der Waals surface area contributed by atoms with Crippen molar-refractivity contribution in [3.63, 3.8) is 0 Å². The van der Waals surface area contributed by atoms with E-state index in [1.165, 1.54) is 11.8 Å². The molecule has 0 aliphatic heterocycles. The number of carbonyl (C=O) groups is 1. The van der Waals surface area contributed by atoms with Crippen molar-refractivity contribution in [1.29, 1.82) is 0 Å². The third kappa shape index (κ3) is 5.39. The fourth-order valence-corrected chi connectivity index (χ4v) is 2.68. The van der Waals surface area contributed by atoms with Gasteiger partial charge in [0, 0.05) is 22.8 Å². The van der Waals surface area contributed by atoms with E-state index in [1.54, 1.807) is 0 Å². The Hall–Kier alpha value is -2.04. The van der Waals surface area contributed by atoms with E-state index in [9.17, 15) is 4.79 Å². The first kappa shape index (κ1) is 16.3. The monoisotopic (exact) mass is 313 g/mol. The maximum Gasteiger partial charge on any atom is 0.252 e. The summed E-state index contributed by atoms with van der Waals surface area (Å²) in [6.07, 6.45) is 1.12. The van der Waals surface area contributed by atoms with Gasteiger partial charge in [-0.05, 0) is 42.5 Å². The normalized spacial score (nSPS) is 11.2. The molecule has 0 saturated carbocycles. The van der Waals surface area contributed by atoms with Crippen LogP contribution in [0.2, 0.25) is 0 Å². The van der Waals surface area contributed by atoms with E-state index in [0.29, 0.717) is 18.4 Å². The summed E-state index contributed by atoms with van der Waals surface area (Å²) in [7, 11) is 0. The summed E-state index contributed by atoms with van der Waals surface area (Å²) in [5.41, 5.74) is 1.44. The third-order valence-electron chi connectivity index (χ3n) is 3.01. The van der Waals surface area contributed by atoms with Gasteiger partial charge in [0.1, 0.15) is 0 Å². The minimum Gasteiger partial charge on any atom is -0.396 e. The van der Waals surface area contributed by atoms with E-state index in [-0.39, 0.29) is 12.5 Å². The molecule has 0 aliphatic rings. The highest BCUT2D eigenvalue weighted by Gasteiger charge is 2.09. The molecule has 114 valence electrons. The second-order valence-electron chi connectivity index (χ2n) is 4.72. The lowest BCUT2D eigenvalue weighted by molar-refractivity contribution is -0.113. The fourth-order valence-electron chi connectivity index (χ4n) is 1.87. The Morgan fingerprint density at radius 1 is 1.05 bits per heavy atom. The van der Waals surface area contributed by atoms with Gasteiger partial charge in [-0.15, -0.1) is 0 Å². The first-order valence-electron chi connectivity index (χ1n) is 7.17. The zero-order valence-corrected chi connectivity index (χ0v) is 13.1. The Bertz CT molecular complexity index is 611. The number of aliphatic hydroxyl groups is 1. The number of nitrogens with one attached hydrogen (secondary N) is 1. The average Bonchev–Trinajstić information content (AvgIpc) is 2.56. The van der Waals surface area contributed by atoms with Gasteiger partial charge in [-0.3, -0.25) is 4.79 Å². The van der Waals surface area contributed by atoms with Gasteiger partial charge in [-0.25, -0.2) is 0 Å². The molecule has 0 spiro atoms. The molecule has 4 heteroatoms. The molecule has 0 fully saturated rings. The molecule has 0 aromatic heterocycles. The molecule has 0 aliphatic carbocycles. The fraction of sp³-hybridized carbons (Fsp3) is 0.167. The number of aliphatic hydroxyl groups excluding tert-OH is 1. The van der Waals surface area contributed by atoms with Crippen molar-refractivity contribution < 1.29 is 9.90 Å². The summed E-state index contributed by atoms with van der Waals surface area (Å²) >= 11 is 1.51. The van der Waals surface area contributed by atoms with Crippen molar-refractivity contribution in [1.82, 2.24) is 0 Å². The summed E-state index contributed by atoms with van der Waals surface area (Å²) in [6, 6.07) is 19.3. The highest BCUT2D eigenvalue weighted by molar-refractivity contribution is 8.02. The minimum atomic E-state index is -0.122. The van der Waals surface area contributed by atoms with Gasteiger partial charge in [0.15, 0.2) is 0 Å². The molecule has 0 unspecified atom stereocenters. The van der Waals surface area contributed by atoms with Crippen molar-refractivity contribution >= 4 is 23.4 Å². The van der Waals surface area contributed by atoms with Crippen LogP contribution in [0.1, 0.15) is 12.8 Å². The molecule has 3 nitrogen and oxygen atoms in total. The van der Waals surface area contributed by atoms with Gasteiger partial charge in [-0.1, -0.05) is 48.2 Å². The number of amides is 1. The van der Waals surface area contributed by atoms with Crippen molar-refractivity contribution in [2.75, 3.05) is 11.9 Å². The van der Waals surface area contributed by atoms with Crippen LogP contribution in [0.3, 0.4) is 0 Å². The average molecular weight is 313 g/mol. The zero-order valence-electron chi connectivity index (χ0n) is 12.2. The standard InChI is InChI=1S/C18H19NO2S/c20-13-7-8-15(14-22-17-11-5-2-6-12-17)18(21)19-16-9-3-1-4-10-16/h1-6,9-12,14,20H,7-8,13H2,(H,19,21)/b15-14+. The highest BCUT2D eigenvalue weighted by atomic mass is 32.2. The van der Waals surface area contributed by atoms with E-state index >= 15 is 0 Å². The van der Waals surface area contributed by atoms with Crippen molar-refractivity contribution in [2.24, 2.45) is 0 Å². The Morgan fingerprint density at radius 3 is 2.32 bits per heavy atom. The Balaban J connectivity index is 2.05. The van der Waals surface area contributed by atoms with Crippen LogP contribution in [-0.2, 0) is 4.79 Å². The number of benzene rings is 2. The van der Waals surface area contributed by atoms with E-state index in [4.69, 9.17) is 5.11 Å². The Kier molecular flexibility index (Phi) is 6.74. The van der Waals surface area contributed by atoms with Crippen LogP contribution in [-0.4, -0.2) is 17.6 Å². The van der Waals surface area contributed by atoms with Gasteiger partial charge < -0.3 is 10.4 Å². The largest absolute Gasteiger partial charge is 0.396 e. The molecule has 2 N–H and O–H groups in total. The summed E-state index contributed by atoms with van der Waals surface area (Å²) < 4.78 is 0. The summed E-state index contributed by atoms with van der Waals surface area (Å²) in [5.74, 6) is -0.122. The lowest BCUT2D eigenvalue weighted by Gasteiger charge is -2.08. The quantitative estimate of drug-likeness (QED) is 0.598. The van der Waals surface area contributed by atoms with Gasteiger partial charge in [0.2, 0.25) is 0 Å². The lowest BCUT2D eigenvalue weighted by atomic mass is 10.1. The second-order valence-corrected chi connectivity index (χ2v) is 5.66. The number of hydrogen-bond donors (Lipinski definition) is 2. The summed E-state index contributed by atoms with van der Waals surface area (Å²) in [5, 5.41) is 13.8. The highest BCUT2D eigenvalue weighted by Crippen LogP contribution is 2.22. The van der Waals surface area contributed by atoms with Gasteiger partial charge in [-0.2, -0.15) is 0 Å². The smallest absolute Gasteiger partial charge is 0.252 e. The summed E-state index contributed by atoms with van der Waals surface area (Å²) in [6.45, 7) is 0.0754. The van der Waals surface area contributed by atoms with Crippen LogP contribution in [0.5, 0.6) is 0 Å². The maximum absolute atomic E-state index is 12.4. The Morgan fingerprint density at radius 2 is 1.68 bits per heavy atom. The molecule has 0 heterocycles. The number of thioether (sulfide) groups is 1. The molecule has 1 amide bonds. The predicted octanol–water partition coefficient (Wildman–Crippen LogP) is 4.07. The number of anilines is 1. The second kappa shape index (κ2) is 9.07. The predicted molar refractivity (Wildman–Crippen MR) is 91.8 cm³/mol. The zero-order chi connectivity index (χ0) is 15.6. The van der Waals surface area contributed by atoms with Crippen LogP contribution in [0, 0.1) is 0 Å². The molecular formula is C18H19NO2S. The SMILES string of the molecule is O=C(Nc1ccccc1)/C(=C/Sc1ccccc1)CCCO. The topological polar surface area (TPSA) is 49.3 Å². The van der Waals surface area contributed by atoms with Crippen LogP contribution in [0.15, 0.2) is 76.5 Å². The molecule has 0 saturated heterocycles. The number of rotatable bonds is 7. The summed E-state index contributed by atoms with van der Waals surface area (Å²) in [4.78, 5) is 13.4. The first-order chi connectivity index (χ1) is 10.8. The minimum absolute atomic E-state index is 0.0754. The van der Waals surface area contributed by atoms with Crippen LogP contribution in [0.25, 0.3) is 0 Å². The first-order valence-corrected chi connectivity index (χ1v) is 8.05. The number of hydrogen-bond acceptors (Lipinski definition) is 3. The molecule has 2 aromatic carbocycles. The third-order valence-corrected chi connectivity index (χ3v) is 3.95. The molecule has 0 bridgehead atoms. The van der Waals surface area contributed by atoms with Crippen LogP contribution >= 0.6 is 11.8 Å². The number of carbonyl (C=O) groups excluding carboxylic acids is 1.